The van der Waals surface area contributed by atoms with Crippen LogP contribution in [0.25, 0.3) is 10.8 Å². The number of nitrogens with zero attached hydrogens (tertiary/aromatic N) is 1. The number of rotatable bonds is 3. The highest BCUT2D eigenvalue weighted by molar-refractivity contribution is 6.19. The highest BCUT2D eigenvalue weighted by Crippen LogP contribution is 2.36. The van der Waals surface area contributed by atoms with E-state index in [1.807, 2.05) is 36.4 Å². The molecule has 0 amide bonds. The van der Waals surface area contributed by atoms with Crippen LogP contribution in [0, 0.1) is 0 Å². The SMILES string of the molecule is C=C(CC(=O)O)C1=Nc2cccc3cccc(c23)N1. The van der Waals surface area contributed by atoms with Gasteiger partial charge in [0, 0.05) is 11.1 Å². The van der Waals surface area contributed by atoms with Crippen molar-refractivity contribution in [3.05, 3.63) is 48.6 Å². The number of anilines is 1. The summed E-state index contributed by atoms with van der Waals surface area (Å²) in [5.74, 6) is -0.389. The summed E-state index contributed by atoms with van der Waals surface area (Å²) in [6.07, 6.45) is -0.121. The minimum atomic E-state index is -0.911. The number of amidine groups is 1. The lowest BCUT2D eigenvalue weighted by Crippen LogP contribution is -2.18. The Morgan fingerprint density at radius 2 is 2.00 bits per heavy atom. The molecule has 0 saturated carbocycles. The van der Waals surface area contributed by atoms with E-state index in [2.05, 4.69) is 16.9 Å². The van der Waals surface area contributed by atoms with E-state index in [9.17, 15) is 4.79 Å². The van der Waals surface area contributed by atoms with Crippen LogP contribution in [0.5, 0.6) is 0 Å². The van der Waals surface area contributed by atoms with Gasteiger partial charge in [0.05, 0.1) is 12.1 Å². The zero-order valence-corrected chi connectivity index (χ0v) is 10.2. The van der Waals surface area contributed by atoms with Crippen LogP contribution >= 0.6 is 0 Å². The van der Waals surface area contributed by atoms with Gasteiger partial charge in [0.15, 0.2) is 0 Å². The van der Waals surface area contributed by atoms with E-state index in [0.29, 0.717) is 11.4 Å². The van der Waals surface area contributed by atoms with E-state index in [4.69, 9.17) is 5.11 Å². The summed E-state index contributed by atoms with van der Waals surface area (Å²) in [4.78, 5) is 15.2. The number of aliphatic imine (C=N–C) groups is 1. The standard InChI is InChI=1S/C15H12N2O2/c1-9(8-13(18)19)15-16-11-6-2-4-10-5-3-7-12(17-15)14(10)11/h2-7H,1,8H2,(H,16,17)(H,18,19). The third-order valence-corrected chi connectivity index (χ3v) is 3.07. The van der Waals surface area contributed by atoms with E-state index >= 15 is 0 Å². The third kappa shape index (κ3) is 1.97. The second kappa shape index (κ2) is 4.24. The molecular formula is C15H12N2O2. The average Bonchev–Trinajstić information content (AvgIpc) is 2.38. The maximum absolute atomic E-state index is 10.7. The maximum Gasteiger partial charge on any atom is 0.307 e. The van der Waals surface area contributed by atoms with E-state index in [1.165, 1.54) is 0 Å². The van der Waals surface area contributed by atoms with Gasteiger partial charge in [0.25, 0.3) is 0 Å². The molecule has 0 spiro atoms. The summed E-state index contributed by atoms with van der Waals surface area (Å²) in [7, 11) is 0. The number of hydrogen-bond acceptors (Lipinski definition) is 3. The molecule has 3 rings (SSSR count). The predicted octanol–water partition coefficient (Wildman–Crippen LogP) is 3.33. The molecule has 2 N–H and O–H groups in total. The van der Waals surface area contributed by atoms with Crippen molar-refractivity contribution in [1.82, 2.24) is 0 Å². The van der Waals surface area contributed by atoms with Gasteiger partial charge in [0.2, 0.25) is 0 Å². The lowest BCUT2D eigenvalue weighted by atomic mass is 10.0. The minimum absolute atomic E-state index is 0.121. The molecule has 0 saturated heterocycles. The van der Waals surface area contributed by atoms with Gasteiger partial charge in [0.1, 0.15) is 5.84 Å². The molecule has 1 heterocycles. The predicted molar refractivity (Wildman–Crippen MR) is 76.1 cm³/mol. The van der Waals surface area contributed by atoms with Gasteiger partial charge in [-0.05, 0) is 23.1 Å². The zero-order chi connectivity index (χ0) is 13.4. The van der Waals surface area contributed by atoms with Crippen molar-refractivity contribution in [2.75, 3.05) is 5.32 Å². The average molecular weight is 252 g/mol. The van der Waals surface area contributed by atoms with Crippen molar-refractivity contribution in [1.29, 1.82) is 0 Å². The number of carboxylic acid groups (broad SMARTS) is 1. The van der Waals surface area contributed by atoms with Crippen LogP contribution in [0.4, 0.5) is 11.4 Å². The largest absolute Gasteiger partial charge is 0.481 e. The summed E-state index contributed by atoms with van der Waals surface area (Å²) in [6.45, 7) is 3.78. The van der Waals surface area contributed by atoms with Crippen LogP contribution in [0.1, 0.15) is 6.42 Å². The molecule has 0 unspecified atom stereocenters. The molecule has 0 aliphatic carbocycles. The van der Waals surface area contributed by atoms with Gasteiger partial charge in [-0.25, -0.2) is 4.99 Å². The third-order valence-electron chi connectivity index (χ3n) is 3.07. The Morgan fingerprint density at radius 1 is 1.26 bits per heavy atom. The number of nitrogens with one attached hydrogen (secondary N) is 1. The Balaban J connectivity index is 2.10. The molecule has 2 aromatic rings. The van der Waals surface area contributed by atoms with Crippen LogP contribution < -0.4 is 5.32 Å². The van der Waals surface area contributed by atoms with Crippen LogP contribution in [0.2, 0.25) is 0 Å². The fourth-order valence-electron chi connectivity index (χ4n) is 2.23. The van der Waals surface area contributed by atoms with Gasteiger partial charge in [-0.3, -0.25) is 4.79 Å². The molecule has 0 radical (unpaired) electrons. The molecule has 1 aliphatic rings. The first-order chi connectivity index (χ1) is 9.15. The van der Waals surface area contributed by atoms with Crippen LogP contribution in [0.15, 0.2) is 53.5 Å². The Bertz CT molecular complexity index is 727. The first-order valence-electron chi connectivity index (χ1n) is 5.92. The molecular weight excluding hydrogens is 240 g/mol. The van der Waals surface area contributed by atoms with Crippen molar-refractivity contribution >= 4 is 34.0 Å². The second-order valence-electron chi connectivity index (χ2n) is 4.44. The number of carbonyl (C=O) groups is 1. The zero-order valence-electron chi connectivity index (χ0n) is 10.2. The molecule has 19 heavy (non-hydrogen) atoms. The normalized spacial score (nSPS) is 12.7. The van der Waals surface area contributed by atoms with Crippen molar-refractivity contribution in [2.45, 2.75) is 6.42 Å². The first-order valence-corrected chi connectivity index (χ1v) is 5.92. The molecule has 4 heteroatoms. The van der Waals surface area contributed by atoms with Crippen molar-refractivity contribution in [3.8, 4) is 0 Å². The Morgan fingerprint density at radius 3 is 2.74 bits per heavy atom. The Kier molecular flexibility index (Phi) is 2.56. The molecule has 0 aromatic heterocycles. The highest BCUT2D eigenvalue weighted by Gasteiger charge is 2.17. The smallest absolute Gasteiger partial charge is 0.307 e. The maximum atomic E-state index is 10.7. The van der Waals surface area contributed by atoms with Crippen molar-refractivity contribution in [3.63, 3.8) is 0 Å². The number of hydrogen-bond donors (Lipinski definition) is 2. The Labute approximate surface area is 110 Å². The topological polar surface area (TPSA) is 61.7 Å². The summed E-state index contributed by atoms with van der Waals surface area (Å²) < 4.78 is 0. The first kappa shape index (κ1) is 11.5. The highest BCUT2D eigenvalue weighted by atomic mass is 16.4. The molecule has 4 nitrogen and oxygen atoms in total. The molecule has 2 aromatic carbocycles. The minimum Gasteiger partial charge on any atom is -0.481 e. The van der Waals surface area contributed by atoms with E-state index in [1.54, 1.807) is 0 Å². The molecule has 0 atom stereocenters. The van der Waals surface area contributed by atoms with Crippen LogP contribution in [-0.2, 0) is 4.79 Å². The van der Waals surface area contributed by atoms with Crippen LogP contribution in [-0.4, -0.2) is 16.9 Å². The lowest BCUT2D eigenvalue weighted by Gasteiger charge is -2.19. The summed E-state index contributed by atoms with van der Waals surface area (Å²) in [5.41, 5.74) is 2.25. The molecule has 0 fully saturated rings. The van der Waals surface area contributed by atoms with Gasteiger partial charge in [-0.1, -0.05) is 30.8 Å². The van der Waals surface area contributed by atoms with E-state index in [0.717, 1.165) is 22.1 Å². The summed E-state index contributed by atoms with van der Waals surface area (Å²) in [5, 5.41) is 14.1. The van der Waals surface area contributed by atoms with Crippen molar-refractivity contribution in [2.24, 2.45) is 4.99 Å². The fourth-order valence-corrected chi connectivity index (χ4v) is 2.23. The Hall–Kier alpha value is -2.62. The fraction of sp³-hybridized carbons (Fsp3) is 0.0667. The van der Waals surface area contributed by atoms with E-state index in [-0.39, 0.29) is 6.42 Å². The number of aliphatic carboxylic acids is 1. The quantitative estimate of drug-likeness (QED) is 0.880. The lowest BCUT2D eigenvalue weighted by molar-refractivity contribution is -0.136. The van der Waals surface area contributed by atoms with Gasteiger partial charge in [-0.2, -0.15) is 0 Å². The van der Waals surface area contributed by atoms with Gasteiger partial charge >= 0.3 is 5.97 Å². The van der Waals surface area contributed by atoms with Gasteiger partial charge in [-0.15, -0.1) is 0 Å². The van der Waals surface area contributed by atoms with E-state index < -0.39 is 5.97 Å². The van der Waals surface area contributed by atoms with Gasteiger partial charge < -0.3 is 10.4 Å². The van der Waals surface area contributed by atoms with Crippen LogP contribution in [0.3, 0.4) is 0 Å². The number of benzene rings is 2. The summed E-state index contributed by atoms with van der Waals surface area (Å²) in [6, 6.07) is 11.8. The molecule has 1 aliphatic heterocycles. The molecule has 0 bridgehead atoms. The molecule has 94 valence electrons. The number of carboxylic acids is 1. The van der Waals surface area contributed by atoms with Crippen molar-refractivity contribution < 1.29 is 9.90 Å². The monoisotopic (exact) mass is 252 g/mol. The summed E-state index contributed by atoms with van der Waals surface area (Å²) >= 11 is 0. The second-order valence-corrected chi connectivity index (χ2v) is 4.44.